The number of benzene rings is 1. The number of hydrogen-bond acceptors (Lipinski definition) is 7. The Balaban J connectivity index is 1.08. The molecule has 3 heterocycles. The third-order valence-corrected chi connectivity index (χ3v) is 8.18. The van der Waals surface area contributed by atoms with Crippen LogP contribution in [0, 0.1) is 5.41 Å². The fraction of sp³-hybridized carbons (Fsp3) is 0.524. The summed E-state index contributed by atoms with van der Waals surface area (Å²) in [6, 6.07) is 5.76. The second-order valence-electron chi connectivity index (χ2n) is 8.62. The first kappa shape index (κ1) is 21.8. The van der Waals surface area contributed by atoms with Gasteiger partial charge in [-0.25, -0.2) is 0 Å². The second-order valence-corrected chi connectivity index (χ2v) is 10.3. The Morgan fingerprint density at radius 1 is 1.19 bits per heavy atom. The first-order valence-corrected chi connectivity index (χ1v) is 12.4. The van der Waals surface area contributed by atoms with E-state index in [1.165, 1.54) is 23.7 Å². The zero-order valence-electron chi connectivity index (χ0n) is 17.5. The molecule has 2 aromatic heterocycles. The number of thioether (sulfide) groups is 1. The lowest BCUT2D eigenvalue weighted by Crippen LogP contribution is -2.23. The van der Waals surface area contributed by atoms with Crippen LogP contribution in [0.4, 0.5) is 13.2 Å². The lowest BCUT2D eigenvalue weighted by Gasteiger charge is -2.16. The fourth-order valence-electron chi connectivity index (χ4n) is 4.73. The van der Waals surface area contributed by atoms with Gasteiger partial charge in [-0.1, -0.05) is 28.4 Å². The Labute approximate surface area is 192 Å². The van der Waals surface area contributed by atoms with Gasteiger partial charge in [0.25, 0.3) is 0 Å². The predicted molar refractivity (Wildman–Crippen MR) is 118 cm³/mol. The summed E-state index contributed by atoms with van der Waals surface area (Å²) < 4.78 is 44.2. The molecule has 1 saturated heterocycles. The summed E-state index contributed by atoms with van der Waals surface area (Å²) in [7, 11) is 1.94. The van der Waals surface area contributed by atoms with Gasteiger partial charge >= 0.3 is 6.18 Å². The Bertz CT molecular complexity index is 1070. The Kier molecular flexibility index (Phi) is 5.75. The maximum absolute atomic E-state index is 12.8. The van der Waals surface area contributed by atoms with Gasteiger partial charge in [0.15, 0.2) is 11.0 Å². The molecule has 5 rings (SSSR count). The van der Waals surface area contributed by atoms with Gasteiger partial charge in [0.1, 0.15) is 5.69 Å². The zero-order chi connectivity index (χ0) is 22.3. The third-order valence-electron chi connectivity index (χ3n) is 6.57. The SMILES string of the molecule is Cn1c(SCCCN2CCC3(C[C@@H]3c3ccc(C(F)(F)F)cc3)C2)nnc1-c1csnn1. The molecule has 1 aliphatic heterocycles. The summed E-state index contributed by atoms with van der Waals surface area (Å²) >= 11 is 2.98. The number of alkyl halides is 3. The van der Waals surface area contributed by atoms with Crippen molar-refractivity contribution in [1.82, 2.24) is 29.3 Å². The molecular formula is C21H23F3N6S2. The van der Waals surface area contributed by atoms with Crippen molar-refractivity contribution in [1.29, 1.82) is 0 Å². The topological polar surface area (TPSA) is 59.7 Å². The van der Waals surface area contributed by atoms with Gasteiger partial charge < -0.3 is 9.47 Å². The molecule has 0 radical (unpaired) electrons. The first-order chi connectivity index (χ1) is 15.4. The molecular weight excluding hydrogens is 457 g/mol. The van der Waals surface area contributed by atoms with Crippen molar-refractivity contribution in [3.63, 3.8) is 0 Å². The number of aromatic nitrogens is 5. The molecule has 2 atom stereocenters. The van der Waals surface area contributed by atoms with Crippen LogP contribution in [-0.4, -0.2) is 54.6 Å². The van der Waals surface area contributed by atoms with Crippen molar-refractivity contribution < 1.29 is 13.2 Å². The van der Waals surface area contributed by atoms with Crippen LogP contribution >= 0.6 is 23.3 Å². The number of hydrogen-bond donors (Lipinski definition) is 0. The molecule has 0 N–H and O–H groups in total. The van der Waals surface area contributed by atoms with Crippen LogP contribution in [0.15, 0.2) is 34.8 Å². The van der Waals surface area contributed by atoms with E-state index in [4.69, 9.17) is 0 Å². The summed E-state index contributed by atoms with van der Waals surface area (Å²) in [5.41, 5.74) is 1.47. The number of rotatable bonds is 7. The van der Waals surface area contributed by atoms with E-state index in [2.05, 4.69) is 24.7 Å². The van der Waals surface area contributed by atoms with Crippen LogP contribution in [0.1, 0.15) is 36.3 Å². The van der Waals surface area contributed by atoms with E-state index in [1.807, 2.05) is 17.0 Å². The summed E-state index contributed by atoms with van der Waals surface area (Å²) in [5.74, 6) is 2.07. The van der Waals surface area contributed by atoms with Gasteiger partial charge in [-0.2, -0.15) is 13.2 Å². The Morgan fingerprint density at radius 2 is 2.00 bits per heavy atom. The molecule has 2 aliphatic rings. The van der Waals surface area contributed by atoms with Crippen molar-refractivity contribution in [3.8, 4) is 11.5 Å². The average Bonchev–Trinajstić information content (AvgIpc) is 3.16. The van der Waals surface area contributed by atoms with Gasteiger partial charge in [0.2, 0.25) is 0 Å². The van der Waals surface area contributed by atoms with Crippen LogP contribution < -0.4 is 0 Å². The molecule has 2 fully saturated rings. The van der Waals surface area contributed by atoms with Gasteiger partial charge in [-0.3, -0.25) is 0 Å². The highest BCUT2D eigenvalue weighted by Crippen LogP contribution is 2.64. The predicted octanol–water partition coefficient (Wildman–Crippen LogP) is 4.71. The van der Waals surface area contributed by atoms with E-state index in [1.54, 1.807) is 23.9 Å². The number of likely N-dealkylation sites (tertiary alicyclic amines) is 1. The van der Waals surface area contributed by atoms with Crippen LogP contribution in [0.2, 0.25) is 0 Å². The summed E-state index contributed by atoms with van der Waals surface area (Å²) in [4.78, 5) is 2.49. The molecule has 6 nitrogen and oxygen atoms in total. The summed E-state index contributed by atoms with van der Waals surface area (Å²) in [5, 5.41) is 15.3. The van der Waals surface area contributed by atoms with Crippen molar-refractivity contribution in [2.75, 3.05) is 25.4 Å². The Morgan fingerprint density at radius 3 is 2.72 bits per heavy atom. The fourth-order valence-corrected chi connectivity index (χ4v) is 6.00. The molecule has 1 spiro atoms. The lowest BCUT2D eigenvalue weighted by atomic mass is 9.97. The first-order valence-electron chi connectivity index (χ1n) is 10.5. The second kappa shape index (κ2) is 8.42. The van der Waals surface area contributed by atoms with E-state index in [0.29, 0.717) is 5.92 Å². The van der Waals surface area contributed by atoms with Gasteiger partial charge in [-0.05, 0) is 72.9 Å². The van der Waals surface area contributed by atoms with E-state index >= 15 is 0 Å². The van der Waals surface area contributed by atoms with Crippen LogP contribution in [0.3, 0.4) is 0 Å². The number of halogens is 3. The molecule has 3 aromatic rings. The number of nitrogens with zero attached hydrogens (tertiary/aromatic N) is 6. The minimum atomic E-state index is -4.27. The molecule has 32 heavy (non-hydrogen) atoms. The van der Waals surface area contributed by atoms with E-state index in [0.717, 1.165) is 66.9 Å². The molecule has 1 unspecified atom stereocenters. The average molecular weight is 481 g/mol. The molecule has 1 saturated carbocycles. The Hall–Kier alpha value is -1.98. The highest BCUT2D eigenvalue weighted by Gasteiger charge is 2.57. The van der Waals surface area contributed by atoms with Crippen molar-refractivity contribution in [3.05, 3.63) is 40.8 Å². The standard InChI is InChI=1S/C21H23F3N6S2/c1-29-18(17-12-32-28-25-17)26-27-19(29)31-10-2-8-30-9-7-20(13-30)11-16(20)14-3-5-15(6-4-14)21(22,23)24/h3-6,12,16H,2,7-11,13H2,1H3/t16-,20?/m1/s1. The van der Waals surface area contributed by atoms with Gasteiger partial charge in [0, 0.05) is 24.7 Å². The molecule has 11 heteroatoms. The van der Waals surface area contributed by atoms with Crippen molar-refractivity contribution in [2.24, 2.45) is 12.5 Å². The smallest absolute Gasteiger partial charge is 0.304 e. The molecule has 170 valence electrons. The maximum atomic E-state index is 12.8. The minimum Gasteiger partial charge on any atom is -0.304 e. The summed E-state index contributed by atoms with van der Waals surface area (Å²) in [6.07, 6.45) is -1.02. The lowest BCUT2D eigenvalue weighted by molar-refractivity contribution is -0.137. The quantitative estimate of drug-likeness (QED) is 0.361. The van der Waals surface area contributed by atoms with Gasteiger partial charge in [-0.15, -0.1) is 15.3 Å². The highest BCUT2D eigenvalue weighted by atomic mass is 32.2. The van der Waals surface area contributed by atoms with E-state index in [9.17, 15) is 13.2 Å². The molecule has 1 aromatic carbocycles. The third kappa shape index (κ3) is 4.29. The zero-order valence-corrected chi connectivity index (χ0v) is 19.2. The molecule has 0 bridgehead atoms. The van der Waals surface area contributed by atoms with E-state index in [-0.39, 0.29) is 5.41 Å². The van der Waals surface area contributed by atoms with Crippen LogP contribution in [-0.2, 0) is 13.2 Å². The van der Waals surface area contributed by atoms with Crippen molar-refractivity contribution >= 4 is 23.3 Å². The monoisotopic (exact) mass is 480 g/mol. The minimum absolute atomic E-state index is 0.257. The van der Waals surface area contributed by atoms with Crippen molar-refractivity contribution in [2.45, 2.75) is 36.5 Å². The molecule has 0 amide bonds. The normalized spacial score (nSPS) is 23.3. The largest absolute Gasteiger partial charge is 0.416 e. The maximum Gasteiger partial charge on any atom is 0.416 e. The highest BCUT2D eigenvalue weighted by molar-refractivity contribution is 7.99. The summed E-state index contributed by atoms with van der Waals surface area (Å²) in [6.45, 7) is 3.12. The van der Waals surface area contributed by atoms with Crippen LogP contribution in [0.5, 0.6) is 0 Å². The van der Waals surface area contributed by atoms with Crippen LogP contribution in [0.25, 0.3) is 11.5 Å². The van der Waals surface area contributed by atoms with E-state index < -0.39 is 11.7 Å². The molecule has 1 aliphatic carbocycles. The van der Waals surface area contributed by atoms with Gasteiger partial charge in [0.05, 0.1) is 5.56 Å².